The zero-order chi connectivity index (χ0) is 11.9. The molecule has 0 aliphatic rings. The van der Waals surface area contributed by atoms with Gasteiger partial charge in [0, 0.05) is 5.56 Å². The minimum Gasteiger partial charge on any atom is -0.258 e. The number of hydrogen-bond donors (Lipinski definition) is 0. The summed E-state index contributed by atoms with van der Waals surface area (Å²) < 4.78 is 0.487. The Hall–Kier alpha value is -2.09. The maximum Gasteiger partial charge on any atom is 0.303 e. The molecular formula is C8H5N3O4S. The SMILES string of the molecule is Cc1c([N+](=O)[O-])cc([N+](=O)[O-])c2ncsc12. The molecule has 0 saturated carbocycles. The van der Waals surface area contributed by atoms with Crippen molar-refractivity contribution in [3.05, 3.63) is 37.4 Å². The van der Waals surface area contributed by atoms with E-state index in [1.807, 2.05) is 0 Å². The first-order valence-electron chi connectivity index (χ1n) is 4.18. The largest absolute Gasteiger partial charge is 0.303 e. The van der Waals surface area contributed by atoms with E-state index in [4.69, 9.17) is 0 Å². The van der Waals surface area contributed by atoms with Crippen LogP contribution in [-0.4, -0.2) is 14.8 Å². The summed E-state index contributed by atoms with van der Waals surface area (Å²) in [4.78, 5) is 24.0. The molecule has 0 aliphatic heterocycles. The van der Waals surface area contributed by atoms with Crippen LogP contribution in [0.5, 0.6) is 0 Å². The van der Waals surface area contributed by atoms with Crippen molar-refractivity contribution in [2.45, 2.75) is 6.92 Å². The zero-order valence-electron chi connectivity index (χ0n) is 8.04. The van der Waals surface area contributed by atoms with Crippen molar-refractivity contribution in [2.24, 2.45) is 0 Å². The van der Waals surface area contributed by atoms with Gasteiger partial charge >= 0.3 is 5.69 Å². The summed E-state index contributed by atoms with van der Waals surface area (Å²) in [7, 11) is 0. The lowest BCUT2D eigenvalue weighted by molar-refractivity contribution is -0.393. The number of nitrogens with zero attached hydrogens (tertiary/aromatic N) is 3. The smallest absolute Gasteiger partial charge is 0.258 e. The lowest BCUT2D eigenvalue weighted by Crippen LogP contribution is -1.96. The van der Waals surface area contributed by atoms with Gasteiger partial charge in [0.05, 0.1) is 26.1 Å². The van der Waals surface area contributed by atoms with Crippen LogP contribution in [-0.2, 0) is 0 Å². The topological polar surface area (TPSA) is 99.2 Å². The second kappa shape index (κ2) is 3.49. The Morgan fingerprint density at radius 2 is 1.88 bits per heavy atom. The van der Waals surface area contributed by atoms with Crippen molar-refractivity contribution < 1.29 is 9.85 Å². The number of non-ortho nitro benzene ring substituents is 1. The van der Waals surface area contributed by atoms with Crippen molar-refractivity contribution in [3.8, 4) is 0 Å². The molecule has 0 fully saturated rings. The number of thiazole rings is 1. The molecule has 1 aromatic heterocycles. The second-order valence-electron chi connectivity index (χ2n) is 3.08. The van der Waals surface area contributed by atoms with Gasteiger partial charge in [-0.25, -0.2) is 4.98 Å². The molecule has 82 valence electrons. The van der Waals surface area contributed by atoms with Crippen LogP contribution in [0.4, 0.5) is 11.4 Å². The molecule has 0 saturated heterocycles. The summed E-state index contributed by atoms with van der Waals surface area (Å²) in [6, 6.07) is 0.956. The minimum absolute atomic E-state index is 0.207. The number of hydrogen-bond acceptors (Lipinski definition) is 6. The molecule has 2 rings (SSSR count). The van der Waals surface area contributed by atoms with Crippen LogP contribution in [0, 0.1) is 27.2 Å². The van der Waals surface area contributed by atoms with Crippen LogP contribution in [0.25, 0.3) is 10.2 Å². The van der Waals surface area contributed by atoms with Crippen LogP contribution in [0.15, 0.2) is 11.6 Å². The number of nitro groups is 2. The minimum atomic E-state index is -0.658. The van der Waals surface area contributed by atoms with E-state index < -0.39 is 9.85 Å². The predicted octanol–water partition coefficient (Wildman–Crippen LogP) is 2.42. The third kappa shape index (κ3) is 1.39. The number of benzene rings is 1. The molecule has 0 atom stereocenters. The highest BCUT2D eigenvalue weighted by Crippen LogP contribution is 2.36. The Morgan fingerprint density at radius 1 is 1.25 bits per heavy atom. The maximum atomic E-state index is 10.7. The summed E-state index contributed by atoms with van der Waals surface area (Å²) in [5.74, 6) is 0. The molecule has 0 radical (unpaired) electrons. The fraction of sp³-hybridized carbons (Fsp3) is 0.125. The summed E-state index contributed by atoms with van der Waals surface area (Å²) in [5.41, 5.74) is 1.48. The lowest BCUT2D eigenvalue weighted by Gasteiger charge is -1.98. The van der Waals surface area contributed by atoms with Gasteiger partial charge in [-0.05, 0) is 6.92 Å². The normalized spacial score (nSPS) is 10.6. The Morgan fingerprint density at radius 3 is 2.44 bits per heavy atom. The zero-order valence-corrected chi connectivity index (χ0v) is 8.85. The molecule has 0 spiro atoms. The van der Waals surface area contributed by atoms with Gasteiger partial charge in [-0.15, -0.1) is 11.3 Å². The van der Waals surface area contributed by atoms with Crippen LogP contribution in [0.1, 0.15) is 5.56 Å². The quantitative estimate of drug-likeness (QED) is 0.591. The van der Waals surface area contributed by atoms with Crippen LogP contribution in [0.2, 0.25) is 0 Å². The van der Waals surface area contributed by atoms with E-state index in [1.165, 1.54) is 5.51 Å². The van der Waals surface area contributed by atoms with E-state index in [0.717, 1.165) is 17.4 Å². The van der Waals surface area contributed by atoms with Gasteiger partial charge < -0.3 is 0 Å². The first-order chi connectivity index (χ1) is 7.52. The molecule has 1 heterocycles. The van der Waals surface area contributed by atoms with Crippen LogP contribution in [0.3, 0.4) is 0 Å². The molecule has 16 heavy (non-hydrogen) atoms. The lowest BCUT2D eigenvalue weighted by atomic mass is 10.1. The van der Waals surface area contributed by atoms with Crippen molar-refractivity contribution in [3.63, 3.8) is 0 Å². The van der Waals surface area contributed by atoms with Gasteiger partial charge in [0.2, 0.25) is 0 Å². The highest BCUT2D eigenvalue weighted by atomic mass is 32.1. The highest BCUT2D eigenvalue weighted by molar-refractivity contribution is 7.17. The third-order valence-electron chi connectivity index (χ3n) is 2.20. The number of aryl methyl sites for hydroxylation is 1. The molecule has 7 nitrogen and oxygen atoms in total. The van der Waals surface area contributed by atoms with E-state index >= 15 is 0 Å². The standard InChI is InChI=1S/C8H5N3O4S/c1-4-5(10(12)13)2-6(11(14)15)7-8(4)16-3-9-7/h2-3H,1H3. The van der Waals surface area contributed by atoms with E-state index in [-0.39, 0.29) is 16.9 Å². The molecule has 0 aliphatic carbocycles. The monoisotopic (exact) mass is 239 g/mol. The van der Waals surface area contributed by atoms with Gasteiger partial charge in [-0.2, -0.15) is 0 Å². The third-order valence-corrected chi connectivity index (χ3v) is 3.15. The van der Waals surface area contributed by atoms with Crippen LogP contribution >= 0.6 is 11.3 Å². The van der Waals surface area contributed by atoms with Gasteiger partial charge in [0.25, 0.3) is 5.69 Å². The maximum absolute atomic E-state index is 10.7. The highest BCUT2D eigenvalue weighted by Gasteiger charge is 2.24. The fourth-order valence-electron chi connectivity index (χ4n) is 1.45. The van der Waals surface area contributed by atoms with Crippen molar-refractivity contribution in [2.75, 3.05) is 0 Å². The van der Waals surface area contributed by atoms with E-state index in [1.54, 1.807) is 6.92 Å². The Kier molecular flexibility index (Phi) is 2.27. The van der Waals surface area contributed by atoms with E-state index in [0.29, 0.717) is 10.3 Å². The molecular weight excluding hydrogens is 234 g/mol. The van der Waals surface area contributed by atoms with Gasteiger partial charge in [0.15, 0.2) is 5.52 Å². The van der Waals surface area contributed by atoms with Gasteiger partial charge in [0.1, 0.15) is 0 Å². The molecule has 0 N–H and O–H groups in total. The van der Waals surface area contributed by atoms with Gasteiger partial charge in [-0.1, -0.05) is 0 Å². The van der Waals surface area contributed by atoms with Crippen LogP contribution < -0.4 is 0 Å². The van der Waals surface area contributed by atoms with E-state index in [2.05, 4.69) is 4.98 Å². The molecule has 0 amide bonds. The molecule has 0 unspecified atom stereocenters. The average Bonchev–Trinajstić information content (AvgIpc) is 2.66. The summed E-state index contributed by atoms with van der Waals surface area (Å²) in [6.45, 7) is 1.56. The summed E-state index contributed by atoms with van der Waals surface area (Å²) >= 11 is 1.16. The number of nitro benzene ring substituents is 2. The Balaban J connectivity index is 2.90. The Bertz CT molecular complexity index is 607. The Labute approximate surface area is 92.6 Å². The van der Waals surface area contributed by atoms with Crippen molar-refractivity contribution in [1.82, 2.24) is 4.98 Å². The molecule has 1 aromatic carbocycles. The first kappa shape index (κ1) is 10.4. The van der Waals surface area contributed by atoms with Crippen molar-refractivity contribution >= 4 is 32.9 Å². The molecule has 8 heteroatoms. The molecule has 2 aromatic rings. The van der Waals surface area contributed by atoms with Gasteiger partial charge in [-0.3, -0.25) is 20.2 Å². The number of fused-ring (bicyclic) bond motifs is 1. The fourth-order valence-corrected chi connectivity index (χ4v) is 2.26. The first-order valence-corrected chi connectivity index (χ1v) is 5.06. The number of aromatic nitrogens is 1. The predicted molar refractivity (Wildman–Crippen MR) is 57.7 cm³/mol. The van der Waals surface area contributed by atoms with Crippen molar-refractivity contribution in [1.29, 1.82) is 0 Å². The second-order valence-corrected chi connectivity index (χ2v) is 3.94. The molecule has 0 bridgehead atoms. The van der Waals surface area contributed by atoms with E-state index in [9.17, 15) is 20.2 Å². The summed E-state index contributed by atoms with van der Waals surface area (Å²) in [5, 5.41) is 21.5. The number of rotatable bonds is 2. The summed E-state index contributed by atoms with van der Waals surface area (Å²) in [6.07, 6.45) is 0. The average molecular weight is 239 g/mol.